The van der Waals surface area contributed by atoms with Crippen molar-refractivity contribution in [3.63, 3.8) is 0 Å². The van der Waals surface area contributed by atoms with Gasteiger partial charge in [-0.05, 0) is 5.92 Å². The van der Waals surface area contributed by atoms with Crippen LogP contribution in [0, 0.1) is 11.7 Å². The van der Waals surface area contributed by atoms with Gasteiger partial charge in [-0.1, -0.05) is 19.0 Å². The average Bonchev–Trinajstić information content (AvgIpc) is 2.19. The zero-order chi connectivity index (χ0) is 12.1. The van der Waals surface area contributed by atoms with Gasteiger partial charge in [0.1, 0.15) is 0 Å². The Morgan fingerprint density at radius 3 is 2.75 bits per heavy atom. The minimum Gasteiger partial charge on any atom is -0.360 e. The number of hydrogen-bond donors (Lipinski definition) is 0. The van der Waals surface area contributed by atoms with Gasteiger partial charge in [0, 0.05) is 20.3 Å². The molecule has 0 saturated carbocycles. The zero-order valence-electron chi connectivity index (χ0n) is 9.81. The Morgan fingerprint density at radius 2 is 2.19 bits per heavy atom. The Kier molecular flexibility index (Phi) is 4.16. The normalized spacial score (nSPS) is 11.1. The Balaban J connectivity index is 2.79. The second-order valence-corrected chi connectivity index (χ2v) is 3.81. The topological polar surface area (TPSA) is 50.6 Å². The fraction of sp³-hybridized carbons (Fsp3) is 0.500. The lowest BCUT2D eigenvalue weighted by atomic mass is 10.3. The molecule has 6 heteroatoms. The van der Waals surface area contributed by atoms with Gasteiger partial charge in [-0.15, -0.1) is 0 Å². The van der Waals surface area contributed by atoms with E-state index in [1.54, 1.807) is 20.3 Å². The molecule has 0 aliphatic heterocycles. The smallest absolute Gasteiger partial charge is 0.347 e. The van der Waals surface area contributed by atoms with Crippen LogP contribution in [0.1, 0.15) is 13.8 Å². The summed E-state index contributed by atoms with van der Waals surface area (Å²) in [4.78, 5) is 14.0. The molecule has 1 aromatic rings. The Labute approximate surface area is 93.9 Å². The summed E-state index contributed by atoms with van der Waals surface area (Å²) in [6.07, 6.45) is 2.67. The van der Waals surface area contributed by atoms with Crippen molar-refractivity contribution in [3.8, 4) is 6.01 Å². The highest BCUT2D eigenvalue weighted by molar-refractivity contribution is 5.58. The second kappa shape index (κ2) is 5.39. The van der Waals surface area contributed by atoms with Crippen LogP contribution in [0.15, 0.2) is 11.4 Å². The van der Waals surface area contributed by atoms with Gasteiger partial charge in [0.2, 0.25) is 0 Å². The molecule has 0 spiro atoms. The summed E-state index contributed by atoms with van der Waals surface area (Å²) in [5.74, 6) is -0.0521. The van der Waals surface area contributed by atoms with Gasteiger partial charge in [-0.25, -0.2) is 4.39 Å². The van der Waals surface area contributed by atoms with Crippen LogP contribution in [0.3, 0.4) is 0 Å². The molecule has 0 aliphatic carbocycles. The van der Waals surface area contributed by atoms with Gasteiger partial charge in [-0.2, -0.15) is 9.97 Å². The molecule has 16 heavy (non-hydrogen) atoms. The predicted molar refractivity (Wildman–Crippen MR) is 60.3 cm³/mol. The summed E-state index contributed by atoms with van der Waals surface area (Å²) in [5.41, 5.74) is 0. The summed E-state index contributed by atoms with van der Waals surface area (Å²) in [6, 6.07) is 0.0296. The van der Waals surface area contributed by atoms with E-state index in [2.05, 4.69) is 15.1 Å². The molecule has 0 aliphatic rings. The lowest BCUT2D eigenvalue weighted by Crippen LogP contribution is -2.13. The van der Waals surface area contributed by atoms with Gasteiger partial charge in [-0.3, -0.25) is 0 Å². The van der Waals surface area contributed by atoms with Gasteiger partial charge in [0.25, 0.3) is 0 Å². The summed E-state index contributed by atoms with van der Waals surface area (Å²) >= 11 is 0. The lowest BCUT2D eigenvalue weighted by Gasteiger charge is -2.11. The van der Waals surface area contributed by atoms with Crippen molar-refractivity contribution < 1.29 is 9.23 Å². The van der Waals surface area contributed by atoms with E-state index in [1.807, 2.05) is 13.8 Å². The highest BCUT2D eigenvalue weighted by Gasteiger charge is 2.09. The third-order valence-corrected chi connectivity index (χ3v) is 1.62. The first-order valence-electron chi connectivity index (χ1n) is 4.91. The maximum Gasteiger partial charge on any atom is 0.347 e. The number of hydrogen-bond acceptors (Lipinski definition) is 5. The fourth-order valence-corrected chi connectivity index (χ4v) is 0.899. The van der Waals surface area contributed by atoms with Gasteiger partial charge >= 0.3 is 6.01 Å². The molecule has 1 rings (SSSR count). The van der Waals surface area contributed by atoms with Crippen molar-refractivity contribution in [1.29, 1.82) is 0 Å². The highest BCUT2D eigenvalue weighted by Crippen LogP contribution is 2.15. The fourth-order valence-electron chi connectivity index (χ4n) is 0.899. The Bertz CT molecular complexity index is 379. The summed E-state index contributed by atoms with van der Waals surface area (Å²) in [6.45, 7) is 3.92. The Morgan fingerprint density at radius 1 is 1.50 bits per heavy atom. The molecule has 0 bridgehead atoms. The number of nitrogens with zero attached hydrogens (tertiary/aromatic N) is 4. The van der Waals surface area contributed by atoms with Crippen molar-refractivity contribution in [1.82, 2.24) is 9.97 Å². The van der Waals surface area contributed by atoms with Crippen molar-refractivity contribution in [2.24, 2.45) is 11.1 Å². The quantitative estimate of drug-likeness (QED) is 0.579. The highest BCUT2D eigenvalue weighted by atomic mass is 19.1. The SMILES string of the molecule is CC(C)C=NOc1ncc(F)c(N(C)C)n1. The molecule has 0 amide bonds. The van der Waals surface area contributed by atoms with Crippen molar-refractivity contribution in [2.45, 2.75) is 13.8 Å². The van der Waals surface area contributed by atoms with Gasteiger partial charge in [0.05, 0.1) is 6.20 Å². The molecule has 0 aromatic carbocycles. The van der Waals surface area contributed by atoms with Crippen LogP contribution in [0.5, 0.6) is 6.01 Å². The first-order valence-corrected chi connectivity index (χ1v) is 4.91. The minimum atomic E-state index is -0.495. The molecular formula is C10H15FN4O. The first kappa shape index (κ1) is 12.4. The van der Waals surface area contributed by atoms with Crippen LogP contribution in [0.25, 0.3) is 0 Å². The average molecular weight is 226 g/mol. The van der Waals surface area contributed by atoms with E-state index in [4.69, 9.17) is 4.84 Å². The Hall–Kier alpha value is -1.72. The number of anilines is 1. The third-order valence-electron chi connectivity index (χ3n) is 1.62. The first-order chi connectivity index (χ1) is 7.50. The van der Waals surface area contributed by atoms with E-state index in [0.29, 0.717) is 0 Å². The maximum atomic E-state index is 13.2. The van der Waals surface area contributed by atoms with E-state index in [9.17, 15) is 4.39 Å². The monoisotopic (exact) mass is 226 g/mol. The molecule has 88 valence electrons. The molecule has 0 radical (unpaired) electrons. The van der Waals surface area contributed by atoms with Crippen LogP contribution in [-0.2, 0) is 0 Å². The molecule has 0 N–H and O–H groups in total. The van der Waals surface area contributed by atoms with Crippen LogP contribution in [0.4, 0.5) is 10.2 Å². The van der Waals surface area contributed by atoms with E-state index >= 15 is 0 Å². The molecule has 0 unspecified atom stereocenters. The molecule has 1 aromatic heterocycles. The molecular weight excluding hydrogens is 211 g/mol. The van der Waals surface area contributed by atoms with Gasteiger partial charge < -0.3 is 9.74 Å². The summed E-state index contributed by atoms with van der Waals surface area (Å²) in [7, 11) is 3.37. The number of rotatable bonds is 4. The van der Waals surface area contributed by atoms with E-state index in [1.165, 1.54) is 4.90 Å². The van der Waals surface area contributed by atoms with E-state index in [0.717, 1.165) is 6.20 Å². The van der Waals surface area contributed by atoms with E-state index < -0.39 is 5.82 Å². The molecule has 5 nitrogen and oxygen atoms in total. The van der Waals surface area contributed by atoms with Crippen LogP contribution in [-0.4, -0.2) is 30.3 Å². The van der Waals surface area contributed by atoms with Crippen molar-refractivity contribution in [2.75, 3.05) is 19.0 Å². The molecule has 1 heterocycles. The van der Waals surface area contributed by atoms with Crippen LogP contribution < -0.4 is 9.74 Å². The molecule has 0 fully saturated rings. The zero-order valence-corrected chi connectivity index (χ0v) is 9.81. The molecule has 0 atom stereocenters. The minimum absolute atomic E-state index is 0.0296. The van der Waals surface area contributed by atoms with Crippen LogP contribution >= 0.6 is 0 Å². The third kappa shape index (κ3) is 3.45. The van der Waals surface area contributed by atoms with Gasteiger partial charge in [0.15, 0.2) is 11.6 Å². The predicted octanol–water partition coefficient (Wildman–Crippen LogP) is 1.70. The summed E-state index contributed by atoms with van der Waals surface area (Å²) in [5, 5.41) is 3.68. The van der Waals surface area contributed by atoms with Crippen molar-refractivity contribution in [3.05, 3.63) is 12.0 Å². The standard InChI is InChI=1S/C10H15FN4O/c1-7(2)5-13-16-10-12-6-8(11)9(14-10)15(3)4/h5-7H,1-4H3. The number of oxime groups is 1. The van der Waals surface area contributed by atoms with E-state index in [-0.39, 0.29) is 17.7 Å². The second-order valence-electron chi connectivity index (χ2n) is 3.81. The maximum absolute atomic E-state index is 13.2. The largest absolute Gasteiger partial charge is 0.360 e. The number of halogens is 1. The number of aromatic nitrogens is 2. The van der Waals surface area contributed by atoms with Crippen LogP contribution in [0.2, 0.25) is 0 Å². The van der Waals surface area contributed by atoms with Crippen molar-refractivity contribution >= 4 is 12.0 Å². The lowest BCUT2D eigenvalue weighted by molar-refractivity contribution is 0.311. The summed E-state index contributed by atoms with van der Waals surface area (Å²) < 4.78 is 13.2. The molecule has 0 saturated heterocycles.